The number of benzene rings is 3. The number of anilines is 3. The lowest BCUT2D eigenvalue weighted by Gasteiger charge is -2.25. The van der Waals surface area contributed by atoms with Crippen molar-refractivity contribution in [3.63, 3.8) is 0 Å². The predicted octanol–water partition coefficient (Wildman–Crippen LogP) is 5.19. The quantitative estimate of drug-likeness (QED) is 0.0209. The summed E-state index contributed by atoms with van der Waals surface area (Å²) < 4.78 is 28.9. The minimum absolute atomic E-state index is 0.00587. The Labute approximate surface area is 526 Å². The zero-order chi connectivity index (χ0) is 66.3. The van der Waals surface area contributed by atoms with Crippen molar-refractivity contribution in [3.05, 3.63) is 102 Å². The number of urea groups is 1. The van der Waals surface area contributed by atoms with Gasteiger partial charge in [0.1, 0.15) is 18.7 Å². The number of hydrogen-bond donors (Lipinski definition) is 10. The molecule has 0 saturated carbocycles. The maximum atomic E-state index is 14.2. The first-order valence-electron chi connectivity index (χ1n) is 29.9. The molecule has 6 rings (SSSR count). The number of unbranched alkanes of at least 4 members (excludes halogenated alkanes) is 4. The van der Waals surface area contributed by atoms with Gasteiger partial charge in [-0.3, -0.25) is 49.1 Å². The van der Waals surface area contributed by atoms with Gasteiger partial charge in [0.25, 0.3) is 23.6 Å². The van der Waals surface area contributed by atoms with E-state index in [1.165, 1.54) is 60.4 Å². The van der Waals surface area contributed by atoms with E-state index in [-0.39, 0.29) is 142 Å². The lowest BCUT2D eigenvalue weighted by molar-refractivity contribution is -0.137. The van der Waals surface area contributed by atoms with E-state index in [0.717, 1.165) is 16.0 Å². The molecule has 2 fully saturated rings. The van der Waals surface area contributed by atoms with Crippen LogP contribution in [0.2, 0.25) is 0 Å². The van der Waals surface area contributed by atoms with Crippen LogP contribution in [-0.4, -0.2) is 181 Å². The summed E-state index contributed by atoms with van der Waals surface area (Å²) in [6.07, 6.45) is 4.28. The van der Waals surface area contributed by atoms with Crippen molar-refractivity contribution in [2.75, 3.05) is 82.8 Å². The van der Waals surface area contributed by atoms with Gasteiger partial charge in [-0.05, 0) is 93.5 Å². The molecular weight excluding hydrogens is 1180 g/mol. The molecule has 3 aliphatic rings. The van der Waals surface area contributed by atoms with Crippen LogP contribution in [0.25, 0.3) is 0 Å². The Morgan fingerprint density at radius 2 is 1.21 bits per heavy atom. The molecule has 3 aliphatic heterocycles. The highest BCUT2D eigenvalue weighted by Gasteiger charge is 2.36. The number of rotatable bonds is 34. The molecule has 3 aromatic rings. The first-order valence-corrected chi connectivity index (χ1v) is 29.9. The second kappa shape index (κ2) is 34.3. The third-order valence-corrected chi connectivity index (χ3v) is 15.2. The maximum Gasteiger partial charge on any atom is 0.411 e. The number of carboxylic acid groups (broad SMARTS) is 1. The number of aliphatic hydroxyl groups is 2. The molecule has 91 heavy (non-hydrogen) atoms. The van der Waals surface area contributed by atoms with E-state index >= 15 is 0 Å². The summed E-state index contributed by atoms with van der Waals surface area (Å²) in [5.41, 5.74) is 7.51. The Bertz CT molecular complexity index is 3190. The average molecular weight is 1270 g/mol. The fraction of sp³-hybridized carbons (Fsp3) is 0.460. The van der Waals surface area contributed by atoms with Crippen LogP contribution in [0.5, 0.6) is 23.0 Å². The fourth-order valence-electron chi connectivity index (χ4n) is 10.4. The highest BCUT2D eigenvalue weighted by molar-refractivity contribution is 6.13. The van der Waals surface area contributed by atoms with Crippen molar-refractivity contribution in [1.29, 1.82) is 0 Å². The Balaban J connectivity index is 1.05. The molecule has 0 aromatic heterocycles. The molecule has 4 atom stereocenters. The van der Waals surface area contributed by atoms with Gasteiger partial charge in [-0.2, -0.15) is 0 Å². The van der Waals surface area contributed by atoms with Crippen LogP contribution in [0, 0.1) is 5.92 Å². The molecule has 0 aliphatic carbocycles. The number of methoxy groups -OCH3 is 2. The van der Waals surface area contributed by atoms with Gasteiger partial charge in [0.2, 0.25) is 17.7 Å². The Morgan fingerprint density at radius 1 is 0.670 bits per heavy atom. The average Bonchev–Trinajstić information content (AvgIpc) is 1.87. The second-order valence-corrected chi connectivity index (χ2v) is 22.4. The Kier molecular flexibility index (Phi) is 26.5. The maximum absolute atomic E-state index is 14.2. The minimum Gasteiger partial charge on any atom is -0.493 e. The summed E-state index contributed by atoms with van der Waals surface area (Å²) in [4.78, 5) is 133. The summed E-state index contributed by atoms with van der Waals surface area (Å²) in [7, 11) is 2.77. The van der Waals surface area contributed by atoms with E-state index in [9.17, 15) is 63.3 Å². The monoisotopic (exact) mass is 1270 g/mol. The fourth-order valence-corrected chi connectivity index (χ4v) is 10.4. The van der Waals surface area contributed by atoms with Crippen LogP contribution in [-0.2, 0) is 35.3 Å². The Morgan fingerprint density at radius 3 is 1.71 bits per heavy atom. The third-order valence-electron chi connectivity index (χ3n) is 15.2. The molecule has 11 N–H and O–H groups in total. The summed E-state index contributed by atoms with van der Waals surface area (Å²) in [6, 6.07) is 7.89. The molecule has 2 saturated heterocycles. The number of primary amides is 1. The van der Waals surface area contributed by atoms with Crippen molar-refractivity contribution >= 4 is 76.6 Å². The van der Waals surface area contributed by atoms with Gasteiger partial charge in [0.15, 0.2) is 23.0 Å². The molecule has 3 heterocycles. The van der Waals surface area contributed by atoms with Gasteiger partial charge in [0, 0.05) is 62.6 Å². The first kappa shape index (κ1) is 70.4. The highest BCUT2D eigenvalue weighted by Crippen LogP contribution is 2.38. The van der Waals surface area contributed by atoms with E-state index in [2.05, 4.69) is 45.1 Å². The van der Waals surface area contributed by atoms with Crippen molar-refractivity contribution in [2.45, 2.75) is 115 Å². The molecule has 0 spiro atoms. The molecule has 28 heteroatoms. The minimum atomic E-state index is -1.41. The number of nitrogens with zero attached hydrogens (tertiary/aromatic N) is 3. The number of likely N-dealkylation sites (tertiary alicyclic amines) is 2. The van der Waals surface area contributed by atoms with Crippen LogP contribution >= 0.6 is 0 Å². The lowest BCUT2D eigenvalue weighted by Crippen LogP contribution is -2.54. The van der Waals surface area contributed by atoms with Crippen LogP contribution < -0.4 is 56.6 Å². The number of nitrogens with two attached hydrogens (primary N) is 1. The normalized spacial score (nSPS) is 15.9. The topological polar surface area (TPSA) is 385 Å². The predicted molar refractivity (Wildman–Crippen MR) is 333 cm³/mol. The van der Waals surface area contributed by atoms with Gasteiger partial charge in [-0.1, -0.05) is 56.7 Å². The third kappa shape index (κ3) is 20.4. The van der Waals surface area contributed by atoms with E-state index in [1.54, 1.807) is 38.1 Å². The molecule has 28 nitrogen and oxygen atoms in total. The molecule has 0 radical (unpaired) electrons. The first-order chi connectivity index (χ1) is 43.5. The van der Waals surface area contributed by atoms with Crippen LogP contribution in [0.4, 0.5) is 31.4 Å². The van der Waals surface area contributed by atoms with Crippen LogP contribution in [0.3, 0.4) is 0 Å². The van der Waals surface area contributed by atoms with Gasteiger partial charge >= 0.3 is 18.2 Å². The summed E-state index contributed by atoms with van der Waals surface area (Å²) in [5.74, 6) is -3.11. The molecular formula is C63H82N10O18. The Hall–Kier alpha value is -9.70. The largest absolute Gasteiger partial charge is 0.493 e. The SMILES string of the molecule is C=C1C[C@@H](CO)N(C(=O)c2cc(OC)c(OCCCCCOc3cc(NC(=O)OCc4ccc(NC(=O)[C@H](CCCNC(N)=O)NC(=O)[C@@H](NC(=O)CCCCCN5C(=O)C=CC5=O)C(C)C)cc4)c(C(=O)N4CC(=C)C[C@H]4CO)cc3OC)cc2NC(=O)O)C1. The molecule has 3 aromatic carbocycles. The zero-order valence-electron chi connectivity index (χ0n) is 51.6. The number of imide groups is 1. The summed E-state index contributed by atoms with van der Waals surface area (Å²) in [6.45, 7) is 11.5. The number of carbonyl (C=O) groups excluding carboxylic acids is 9. The highest BCUT2D eigenvalue weighted by atomic mass is 16.5. The molecule has 11 amide bonds. The van der Waals surface area contributed by atoms with Crippen LogP contribution in [0.15, 0.2) is 85.0 Å². The standard InChI is InChI=1S/C63H82N10O18/c1-37(2)56(70-53(76)15-9-7-10-23-71-54(77)20-21-55(71)78)58(80)67-46(14-13-22-65-61(64)83)57(79)66-41-18-16-40(17-19-41)36-91-63(86)69-48-31-52(50(88-6)29-45(48)60(82)73-33-39(4)27-43(73)35-75)90-25-12-8-11-24-89-51-30-47(68-62(84)85)44(28-49(51)87-5)59(81)72-32-38(3)26-42(72)34-74/h16-21,28-31,37,42-43,46,56,68,74-75H,3-4,7-15,22-27,32-36H2,1-2,5-6H3,(H,66,79)(H,67,80)(H,69,86)(H,70,76)(H,84,85)(H3,64,65,83)/t42-,43-,46-,56-/m0/s1. The second-order valence-electron chi connectivity index (χ2n) is 22.4. The molecule has 0 unspecified atom stereocenters. The van der Waals surface area contributed by atoms with Gasteiger partial charge in [-0.15, -0.1) is 0 Å². The van der Waals surface area contributed by atoms with Gasteiger partial charge in [0.05, 0.1) is 75.2 Å². The van der Waals surface area contributed by atoms with E-state index in [1.807, 2.05) is 0 Å². The smallest absolute Gasteiger partial charge is 0.411 e. The number of nitrogens with one attached hydrogen (secondary N) is 6. The summed E-state index contributed by atoms with van der Waals surface area (Å²) in [5, 5.41) is 45.3. The number of hydrogen-bond acceptors (Lipinski definition) is 17. The van der Waals surface area contributed by atoms with Crippen molar-refractivity contribution < 1.29 is 86.9 Å². The van der Waals surface area contributed by atoms with E-state index in [4.69, 9.17) is 29.4 Å². The van der Waals surface area contributed by atoms with Crippen molar-refractivity contribution in [3.8, 4) is 23.0 Å². The number of amides is 11. The van der Waals surface area contributed by atoms with Crippen molar-refractivity contribution in [2.24, 2.45) is 11.7 Å². The number of carbonyl (C=O) groups is 10. The van der Waals surface area contributed by atoms with Crippen LogP contribution in [0.1, 0.15) is 111 Å². The van der Waals surface area contributed by atoms with Crippen molar-refractivity contribution in [1.82, 2.24) is 30.7 Å². The summed E-state index contributed by atoms with van der Waals surface area (Å²) >= 11 is 0. The number of ether oxygens (including phenoxy) is 5. The molecule has 492 valence electrons. The van der Waals surface area contributed by atoms with Gasteiger partial charge < -0.3 is 75.8 Å². The van der Waals surface area contributed by atoms with E-state index in [0.29, 0.717) is 62.6 Å². The zero-order valence-corrected chi connectivity index (χ0v) is 51.6. The lowest BCUT2D eigenvalue weighted by atomic mass is 10.0. The molecule has 0 bridgehead atoms. The van der Waals surface area contributed by atoms with Gasteiger partial charge in [-0.25, -0.2) is 14.4 Å². The number of aliphatic hydroxyl groups excluding tert-OH is 2. The van der Waals surface area contributed by atoms with E-state index < -0.39 is 71.9 Å².